The Morgan fingerprint density at radius 1 is 1.35 bits per heavy atom. The van der Waals surface area contributed by atoms with Gasteiger partial charge in [-0.3, -0.25) is 0 Å². The van der Waals surface area contributed by atoms with Crippen LogP contribution in [-0.2, 0) is 11.3 Å². The molecule has 1 N–H and O–H groups in total. The zero-order valence-electron chi connectivity index (χ0n) is 10.7. The van der Waals surface area contributed by atoms with E-state index in [1.807, 2.05) is 0 Å². The van der Waals surface area contributed by atoms with Crippen molar-refractivity contribution >= 4 is 11.8 Å². The van der Waals surface area contributed by atoms with Crippen molar-refractivity contribution in [3.05, 3.63) is 59.3 Å². The minimum absolute atomic E-state index is 0.0765. The van der Waals surface area contributed by atoms with Gasteiger partial charge in [0.15, 0.2) is 0 Å². The van der Waals surface area contributed by atoms with Crippen LogP contribution in [0.5, 0.6) is 0 Å². The smallest absolute Gasteiger partial charge is 0.341 e. The molecule has 0 fully saturated rings. The number of halogens is 2. The molecule has 4 nitrogen and oxygen atoms in total. The molecule has 0 aliphatic rings. The summed E-state index contributed by atoms with van der Waals surface area (Å²) in [5, 5.41) is 2.83. The third-order valence-electron chi connectivity index (χ3n) is 2.67. The van der Waals surface area contributed by atoms with Crippen LogP contribution in [0.3, 0.4) is 0 Å². The number of carbonyl (C=O) groups excluding carboxylic acids is 1. The van der Waals surface area contributed by atoms with E-state index < -0.39 is 17.6 Å². The van der Waals surface area contributed by atoms with E-state index in [-0.39, 0.29) is 23.5 Å². The third kappa shape index (κ3) is 3.09. The number of aromatic nitrogens is 1. The molecule has 2 rings (SSSR count). The standard InChI is InChI=1S/C14H12F2N2O2/c1-20-14(19)11-3-2-6-17-13(11)18-8-9-4-5-10(15)7-12(9)16/h2-7H,8H2,1H3,(H,17,18). The van der Waals surface area contributed by atoms with Gasteiger partial charge in [0.05, 0.1) is 7.11 Å². The van der Waals surface area contributed by atoms with E-state index in [2.05, 4.69) is 15.0 Å². The Kier molecular flexibility index (Phi) is 4.24. The lowest BCUT2D eigenvalue weighted by Gasteiger charge is -2.10. The first-order chi connectivity index (χ1) is 9.61. The number of benzene rings is 1. The highest BCUT2D eigenvalue weighted by Gasteiger charge is 2.12. The molecule has 0 spiro atoms. The first-order valence-electron chi connectivity index (χ1n) is 5.83. The van der Waals surface area contributed by atoms with E-state index in [4.69, 9.17) is 0 Å². The van der Waals surface area contributed by atoms with Crippen LogP contribution in [-0.4, -0.2) is 18.1 Å². The van der Waals surface area contributed by atoms with Crippen LogP contribution < -0.4 is 5.32 Å². The average molecular weight is 278 g/mol. The van der Waals surface area contributed by atoms with Gasteiger partial charge in [0.2, 0.25) is 0 Å². The molecule has 0 bridgehead atoms. The summed E-state index contributed by atoms with van der Waals surface area (Å²) in [5.41, 5.74) is 0.519. The summed E-state index contributed by atoms with van der Waals surface area (Å²) in [6.45, 7) is 0.0765. The molecule has 20 heavy (non-hydrogen) atoms. The minimum atomic E-state index is -0.659. The lowest BCUT2D eigenvalue weighted by Crippen LogP contribution is -2.10. The van der Waals surface area contributed by atoms with Crippen LogP contribution in [0.25, 0.3) is 0 Å². The highest BCUT2D eigenvalue weighted by molar-refractivity contribution is 5.94. The van der Waals surface area contributed by atoms with Gasteiger partial charge < -0.3 is 10.1 Å². The van der Waals surface area contributed by atoms with Crippen molar-refractivity contribution in [1.29, 1.82) is 0 Å². The summed E-state index contributed by atoms with van der Waals surface area (Å²) in [7, 11) is 1.26. The summed E-state index contributed by atoms with van der Waals surface area (Å²) in [5.74, 6) is -1.56. The summed E-state index contributed by atoms with van der Waals surface area (Å²) in [6.07, 6.45) is 1.50. The normalized spacial score (nSPS) is 10.2. The number of hydrogen-bond acceptors (Lipinski definition) is 4. The Morgan fingerprint density at radius 2 is 2.15 bits per heavy atom. The van der Waals surface area contributed by atoms with Crippen LogP contribution in [0, 0.1) is 11.6 Å². The molecule has 0 unspecified atom stereocenters. The first-order valence-corrected chi connectivity index (χ1v) is 5.83. The molecule has 0 aliphatic carbocycles. The Balaban J connectivity index is 2.17. The molecule has 0 aliphatic heterocycles. The number of anilines is 1. The van der Waals surface area contributed by atoms with Crippen LogP contribution in [0.1, 0.15) is 15.9 Å². The van der Waals surface area contributed by atoms with Gasteiger partial charge in [0, 0.05) is 24.4 Å². The SMILES string of the molecule is COC(=O)c1cccnc1NCc1ccc(F)cc1F. The van der Waals surface area contributed by atoms with Crippen molar-refractivity contribution < 1.29 is 18.3 Å². The van der Waals surface area contributed by atoms with Crippen molar-refractivity contribution in [1.82, 2.24) is 4.98 Å². The molecular formula is C14H12F2N2O2. The van der Waals surface area contributed by atoms with Crippen LogP contribution >= 0.6 is 0 Å². The molecule has 1 aromatic carbocycles. The zero-order chi connectivity index (χ0) is 14.5. The van der Waals surface area contributed by atoms with Crippen LogP contribution in [0.2, 0.25) is 0 Å². The molecule has 0 saturated heterocycles. The highest BCUT2D eigenvalue weighted by Crippen LogP contribution is 2.15. The predicted octanol–water partition coefficient (Wildman–Crippen LogP) is 2.76. The predicted molar refractivity (Wildman–Crippen MR) is 69.3 cm³/mol. The summed E-state index contributed by atoms with van der Waals surface area (Å²) in [4.78, 5) is 15.5. The molecule has 0 saturated carbocycles. The molecule has 1 aromatic heterocycles. The monoisotopic (exact) mass is 278 g/mol. The maximum Gasteiger partial charge on any atom is 0.341 e. The fraction of sp³-hybridized carbons (Fsp3) is 0.143. The molecule has 104 valence electrons. The van der Waals surface area contributed by atoms with E-state index in [1.165, 1.54) is 25.4 Å². The van der Waals surface area contributed by atoms with E-state index in [0.29, 0.717) is 0 Å². The van der Waals surface area contributed by atoms with Gasteiger partial charge >= 0.3 is 5.97 Å². The van der Waals surface area contributed by atoms with Gasteiger partial charge in [0.1, 0.15) is 23.0 Å². The number of carbonyl (C=O) groups is 1. The van der Waals surface area contributed by atoms with E-state index in [9.17, 15) is 13.6 Å². The van der Waals surface area contributed by atoms with E-state index in [1.54, 1.807) is 12.1 Å². The molecule has 0 amide bonds. The van der Waals surface area contributed by atoms with Crippen LogP contribution in [0.15, 0.2) is 36.5 Å². The summed E-state index contributed by atoms with van der Waals surface area (Å²) in [6, 6.07) is 6.44. The second-order valence-corrected chi connectivity index (χ2v) is 3.98. The second kappa shape index (κ2) is 6.10. The number of esters is 1. The number of nitrogens with zero attached hydrogens (tertiary/aromatic N) is 1. The highest BCUT2D eigenvalue weighted by atomic mass is 19.1. The third-order valence-corrected chi connectivity index (χ3v) is 2.67. The molecule has 1 heterocycles. The lowest BCUT2D eigenvalue weighted by atomic mass is 10.2. The van der Waals surface area contributed by atoms with Gasteiger partial charge in [-0.05, 0) is 18.2 Å². The maximum absolute atomic E-state index is 13.5. The van der Waals surface area contributed by atoms with Crippen LogP contribution in [0.4, 0.5) is 14.6 Å². The summed E-state index contributed by atoms with van der Waals surface area (Å²) < 4.78 is 30.9. The fourth-order valence-electron chi connectivity index (χ4n) is 1.66. The molecular weight excluding hydrogens is 266 g/mol. The molecule has 0 atom stereocenters. The first kappa shape index (κ1) is 13.9. The van der Waals surface area contributed by atoms with E-state index >= 15 is 0 Å². The number of methoxy groups -OCH3 is 1. The topological polar surface area (TPSA) is 51.2 Å². The van der Waals surface area contributed by atoms with Gasteiger partial charge in [-0.15, -0.1) is 0 Å². The zero-order valence-corrected chi connectivity index (χ0v) is 10.7. The van der Waals surface area contributed by atoms with Gasteiger partial charge in [-0.2, -0.15) is 0 Å². The van der Waals surface area contributed by atoms with Crippen molar-refractivity contribution in [2.45, 2.75) is 6.54 Å². The molecule has 6 heteroatoms. The quantitative estimate of drug-likeness (QED) is 0.874. The Morgan fingerprint density at radius 3 is 2.85 bits per heavy atom. The lowest BCUT2D eigenvalue weighted by molar-refractivity contribution is 0.0601. The number of ether oxygens (including phenoxy) is 1. The number of nitrogens with one attached hydrogen (secondary N) is 1. The number of rotatable bonds is 4. The second-order valence-electron chi connectivity index (χ2n) is 3.98. The minimum Gasteiger partial charge on any atom is -0.465 e. The van der Waals surface area contributed by atoms with E-state index in [0.717, 1.165) is 6.07 Å². The van der Waals surface area contributed by atoms with Crippen molar-refractivity contribution in [2.24, 2.45) is 0 Å². The fourth-order valence-corrected chi connectivity index (χ4v) is 1.66. The largest absolute Gasteiger partial charge is 0.465 e. The van der Waals surface area contributed by atoms with Gasteiger partial charge in [-0.1, -0.05) is 6.07 Å². The van der Waals surface area contributed by atoms with Crippen molar-refractivity contribution in [3.63, 3.8) is 0 Å². The molecule has 2 aromatic rings. The maximum atomic E-state index is 13.5. The Bertz CT molecular complexity index is 632. The van der Waals surface area contributed by atoms with Gasteiger partial charge in [0.25, 0.3) is 0 Å². The summed E-state index contributed by atoms with van der Waals surface area (Å²) >= 11 is 0. The number of pyridine rings is 1. The van der Waals surface area contributed by atoms with Crippen molar-refractivity contribution in [2.75, 3.05) is 12.4 Å². The van der Waals surface area contributed by atoms with Crippen molar-refractivity contribution in [3.8, 4) is 0 Å². The van der Waals surface area contributed by atoms with Gasteiger partial charge in [-0.25, -0.2) is 18.6 Å². The Hall–Kier alpha value is -2.50. The Labute approximate surface area is 114 Å². The number of hydrogen-bond donors (Lipinski definition) is 1. The molecule has 0 radical (unpaired) electrons. The average Bonchev–Trinajstić information content (AvgIpc) is 2.46.